The van der Waals surface area contributed by atoms with Gasteiger partial charge in [-0.3, -0.25) is 4.79 Å². The lowest BCUT2D eigenvalue weighted by atomic mass is 10.5. The molecule has 1 aromatic heterocycles. The van der Waals surface area contributed by atoms with E-state index in [1.54, 1.807) is 13.0 Å². The van der Waals surface area contributed by atoms with Gasteiger partial charge >= 0.3 is 5.97 Å². The number of aliphatic carboxylic acids is 1. The van der Waals surface area contributed by atoms with Gasteiger partial charge in [0.15, 0.2) is 0 Å². The fraction of sp³-hybridized carbons (Fsp3) is 0.375. The number of carboxylic acid groups (broad SMARTS) is 1. The van der Waals surface area contributed by atoms with Crippen LogP contribution in [0.2, 0.25) is 0 Å². The van der Waals surface area contributed by atoms with Gasteiger partial charge in [0, 0.05) is 16.4 Å². The van der Waals surface area contributed by atoms with Gasteiger partial charge in [0.1, 0.15) is 10.8 Å². The minimum atomic E-state index is -3.72. The molecule has 0 atom stereocenters. The summed E-state index contributed by atoms with van der Waals surface area (Å²) in [6.07, 6.45) is 0. The monoisotopic (exact) mass is 327 g/mol. The Hall–Kier alpha value is -0.440. The van der Waals surface area contributed by atoms with Gasteiger partial charge in [0.25, 0.3) is 10.0 Å². The van der Waals surface area contributed by atoms with E-state index in [0.717, 1.165) is 20.5 Å². The predicted molar refractivity (Wildman–Crippen MR) is 64.2 cm³/mol. The second-order valence-corrected chi connectivity index (χ2v) is 7.50. The molecule has 8 heteroatoms. The maximum Gasteiger partial charge on any atom is 0.318 e. The summed E-state index contributed by atoms with van der Waals surface area (Å²) in [6, 6.07) is 1.69. The number of hydrogen-bond acceptors (Lipinski definition) is 4. The number of carboxylic acids is 1. The van der Waals surface area contributed by atoms with Gasteiger partial charge in [-0.05, 0) is 28.9 Å². The third kappa shape index (κ3) is 2.82. The zero-order valence-electron chi connectivity index (χ0n) is 8.60. The quantitative estimate of drug-likeness (QED) is 0.909. The molecule has 90 valence electrons. The van der Waals surface area contributed by atoms with Crippen LogP contribution in [0, 0.1) is 6.92 Å². The van der Waals surface area contributed by atoms with Crippen molar-refractivity contribution in [3.8, 4) is 0 Å². The molecule has 5 nitrogen and oxygen atoms in total. The van der Waals surface area contributed by atoms with Crippen molar-refractivity contribution in [2.45, 2.75) is 11.1 Å². The smallest absolute Gasteiger partial charge is 0.318 e. The SMILES string of the molecule is Cc1cc(Br)c(S(=O)(=O)N(C)CC(=O)O)s1. The minimum absolute atomic E-state index is 0.133. The molecule has 0 aliphatic rings. The summed E-state index contributed by atoms with van der Waals surface area (Å²) in [4.78, 5) is 11.3. The number of nitrogens with zero attached hydrogens (tertiary/aromatic N) is 1. The van der Waals surface area contributed by atoms with Gasteiger partial charge in [-0.25, -0.2) is 8.42 Å². The summed E-state index contributed by atoms with van der Waals surface area (Å²) in [5, 5.41) is 8.55. The lowest BCUT2D eigenvalue weighted by Crippen LogP contribution is -2.31. The van der Waals surface area contributed by atoms with E-state index in [9.17, 15) is 13.2 Å². The van der Waals surface area contributed by atoms with Crippen LogP contribution in [0.1, 0.15) is 4.88 Å². The summed E-state index contributed by atoms with van der Waals surface area (Å²) in [7, 11) is -2.48. The Kier molecular flexibility index (Phi) is 4.11. The topological polar surface area (TPSA) is 74.7 Å². The van der Waals surface area contributed by atoms with Crippen molar-refractivity contribution in [1.29, 1.82) is 0 Å². The Morgan fingerprint density at radius 1 is 1.62 bits per heavy atom. The van der Waals surface area contributed by atoms with Gasteiger partial charge in [-0.15, -0.1) is 11.3 Å². The molecular weight excluding hydrogens is 318 g/mol. The number of carbonyl (C=O) groups is 1. The summed E-state index contributed by atoms with van der Waals surface area (Å²) in [5.41, 5.74) is 0. The van der Waals surface area contributed by atoms with Crippen LogP contribution in [0.25, 0.3) is 0 Å². The highest BCUT2D eigenvalue weighted by Gasteiger charge is 2.26. The standard InChI is InChI=1S/C8H10BrNO4S2/c1-5-3-6(9)8(15-5)16(13,14)10(2)4-7(11)12/h3H,4H2,1-2H3,(H,11,12). The van der Waals surface area contributed by atoms with Crippen molar-refractivity contribution in [3.63, 3.8) is 0 Å². The first-order chi connectivity index (χ1) is 7.25. The number of sulfonamides is 1. The number of hydrogen-bond donors (Lipinski definition) is 1. The second kappa shape index (κ2) is 4.82. The van der Waals surface area contributed by atoms with E-state index in [1.165, 1.54) is 7.05 Å². The number of halogens is 1. The van der Waals surface area contributed by atoms with Crippen LogP contribution in [0.5, 0.6) is 0 Å². The third-order valence-corrected chi connectivity index (χ3v) is 6.30. The zero-order valence-corrected chi connectivity index (χ0v) is 11.8. The first-order valence-electron chi connectivity index (χ1n) is 4.19. The third-order valence-electron chi connectivity index (χ3n) is 1.78. The Morgan fingerprint density at radius 3 is 2.56 bits per heavy atom. The largest absolute Gasteiger partial charge is 0.480 e. The first-order valence-corrected chi connectivity index (χ1v) is 7.24. The van der Waals surface area contributed by atoms with Gasteiger partial charge in [0.2, 0.25) is 0 Å². The maximum atomic E-state index is 11.9. The Bertz CT molecular complexity index is 508. The average molecular weight is 328 g/mol. The second-order valence-electron chi connectivity index (χ2n) is 3.15. The molecule has 1 rings (SSSR count). The van der Waals surface area contributed by atoms with Gasteiger partial charge in [-0.2, -0.15) is 4.31 Å². The normalized spacial score (nSPS) is 12.0. The predicted octanol–water partition coefficient (Wildman–Crippen LogP) is 1.52. The van der Waals surface area contributed by atoms with Gasteiger partial charge in [0.05, 0.1) is 0 Å². The highest BCUT2D eigenvalue weighted by atomic mass is 79.9. The van der Waals surface area contributed by atoms with E-state index in [-0.39, 0.29) is 4.21 Å². The van der Waals surface area contributed by atoms with Crippen molar-refractivity contribution in [2.75, 3.05) is 13.6 Å². The number of likely N-dealkylation sites (N-methyl/N-ethyl adjacent to an activating group) is 1. The molecule has 1 heterocycles. The lowest BCUT2D eigenvalue weighted by molar-refractivity contribution is -0.137. The van der Waals surface area contributed by atoms with Crippen LogP contribution < -0.4 is 0 Å². The van der Waals surface area contributed by atoms with E-state index in [4.69, 9.17) is 5.11 Å². The Balaban J connectivity index is 3.11. The molecular formula is C8H10BrNO4S2. The molecule has 0 aromatic carbocycles. The maximum absolute atomic E-state index is 11.9. The van der Waals surface area contributed by atoms with Crippen molar-refractivity contribution in [2.24, 2.45) is 0 Å². The zero-order chi connectivity index (χ0) is 12.5. The molecule has 0 spiro atoms. The average Bonchev–Trinajstić information content (AvgIpc) is 2.44. The van der Waals surface area contributed by atoms with Crippen LogP contribution in [0.15, 0.2) is 14.7 Å². The van der Waals surface area contributed by atoms with E-state index in [0.29, 0.717) is 4.47 Å². The molecule has 1 N–H and O–H groups in total. The molecule has 0 aliphatic carbocycles. The number of thiophene rings is 1. The van der Waals surface area contributed by atoms with E-state index in [2.05, 4.69) is 15.9 Å². The van der Waals surface area contributed by atoms with E-state index in [1.807, 2.05) is 0 Å². The Morgan fingerprint density at radius 2 is 2.19 bits per heavy atom. The highest BCUT2D eigenvalue weighted by Crippen LogP contribution is 2.32. The molecule has 0 saturated carbocycles. The fourth-order valence-corrected chi connectivity index (χ4v) is 5.10. The van der Waals surface area contributed by atoms with Crippen LogP contribution >= 0.6 is 27.3 Å². The Labute approximate surface area is 106 Å². The summed E-state index contributed by atoms with van der Waals surface area (Å²) >= 11 is 4.25. The fourth-order valence-electron chi connectivity index (χ4n) is 1.05. The number of rotatable bonds is 4. The summed E-state index contributed by atoms with van der Waals surface area (Å²) in [6.45, 7) is 1.23. The molecule has 0 fully saturated rings. The summed E-state index contributed by atoms with van der Waals surface area (Å²) in [5.74, 6) is -1.18. The molecule has 0 unspecified atom stereocenters. The lowest BCUT2D eigenvalue weighted by Gasteiger charge is -2.13. The molecule has 0 saturated heterocycles. The summed E-state index contributed by atoms with van der Waals surface area (Å²) < 4.78 is 25.3. The molecule has 0 amide bonds. The number of aryl methyl sites for hydroxylation is 1. The first kappa shape index (κ1) is 13.6. The van der Waals surface area contributed by atoms with Crippen LogP contribution in [0.4, 0.5) is 0 Å². The molecule has 0 radical (unpaired) electrons. The van der Waals surface area contributed by atoms with E-state index < -0.39 is 22.5 Å². The van der Waals surface area contributed by atoms with Crippen LogP contribution in [-0.2, 0) is 14.8 Å². The molecule has 1 aromatic rings. The van der Waals surface area contributed by atoms with Crippen molar-refractivity contribution < 1.29 is 18.3 Å². The molecule has 0 bridgehead atoms. The highest BCUT2D eigenvalue weighted by molar-refractivity contribution is 9.10. The van der Waals surface area contributed by atoms with Crippen LogP contribution in [0.3, 0.4) is 0 Å². The van der Waals surface area contributed by atoms with Crippen molar-refractivity contribution in [1.82, 2.24) is 4.31 Å². The van der Waals surface area contributed by atoms with Crippen molar-refractivity contribution in [3.05, 3.63) is 15.4 Å². The van der Waals surface area contributed by atoms with Crippen molar-refractivity contribution >= 4 is 43.3 Å². The van der Waals surface area contributed by atoms with Crippen LogP contribution in [-0.4, -0.2) is 37.4 Å². The van der Waals surface area contributed by atoms with Gasteiger partial charge < -0.3 is 5.11 Å². The minimum Gasteiger partial charge on any atom is -0.480 e. The molecule has 16 heavy (non-hydrogen) atoms. The van der Waals surface area contributed by atoms with E-state index >= 15 is 0 Å². The van der Waals surface area contributed by atoms with Gasteiger partial charge in [-0.1, -0.05) is 0 Å². The molecule has 0 aliphatic heterocycles.